The van der Waals surface area contributed by atoms with Crippen LogP contribution >= 0.6 is 0 Å². The van der Waals surface area contributed by atoms with E-state index in [-0.39, 0.29) is 0 Å². The fourth-order valence-electron chi connectivity index (χ4n) is 6.54. The maximum absolute atomic E-state index is 3.94. The highest BCUT2D eigenvalue weighted by Crippen LogP contribution is 2.68. The number of hydrogen-bond donors (Lipinski definition) is 3. The minimum absolute atomic E-state index is 0.682. The van der Waals surface area contributed by atoms with Gasteiger partial charge in [-0.25, -0.2) is 0 Å². The summed E-state index contributed by atoms with van der Waals surface area (Å²) in [6, 6.07) is 2.63. The third-order valence-electron chi connectivity index (χ3n) is 7.68. The highest BCUT2D eigenvalue weighted by Gasteiger charge is 2.73. The maximum atomic E-state index is 3.94. The average Bonchev–Trinajstić information content (AvgIpc) is 3.39. The second-order valence-corrected chi connectivity index (χ2v) is 8.34. The first-order chi connectivity index (χ1) is 9.38. The van der Waals surface area contributed by atoms with Gasteiger partial charge in [0.05, 0.1) is 0 Å². The summed E-state index contributed by atoms with van der Waals surface area (Å²) < 4.78 is 0. The van der Waals surface area contributed by atoms with Gasteiger partial charge in [-0.15, -0.1) is 0 Å². The van der Waals surface area contributed by atoms with E-state index >= 15 is 0 Å². The Morgan fingerprint density at radius 1 is 0.895 bits per heavy atom. The molecule has 0 aromatic rings. The molecule has 3 saturated heterocycles. The van der Waals surface area contributed by atoms with Crippen LogP contribution in [0.2, 0.25) is 0 Å². The molecule has 3 heterocycles. The molecule has 0 aromatic heterocycles. The molecule has 3 heteroatoms. The van der Waals surface area contributed by atoms with Gasteiger partial charge in [0.2, 0.25) is 0 Å². The molecule has 0 bridgehead atoms. The predicted octanol–water partition coefficient (Wildman–Crippen LogP) is 0.570. The lowest BCUT2D eigenvalue weighted by atomic mass is 9.87. The van der Waals surface area contributed by atoms with E-state index in [9.17, 15) is 0 Å². The summed E-state index contributed by atoms with van der Waals surface area (Å²) in [5.41, 5.74) is 0.682. The van der Waals surface area contributed by atoms with E-state index in [0.29, 0.717) is 5.41 Å². The van der Waals surface area contributed by atoms with E-state index in [1.165, 1.54) is 45.3 Å². The number of fused-ring (bicyclic) bond motifs is 3. The highest BCUT2D eigenvalue weighted by atomic mass is 15.2. The van der Waals surface area contributed by atoms with Gasteiger partial charge in [0.25, 0.3) is 0 Å². The molecular formula is C16H25N3. The van der Waals surface area contributed by atoms with Crippen LogP contribution in [0.25, 0.3) is 0 Å². The van der Waals surface area contributed by atoms with Crippen LogP contribution in [0.3, 0.4) is 0 Å². The monoisotopic (exact) mass is 259 g/mol. The van der Waals surface area contributed by atoms with Gasteiger partial charge >= 0.3 is 0 Å². The first-order valence-corrected chi connectivity index (χ1v) is 8.59. The summed E-state index contributed by atoms with van der Waals surface area (Å²) in [5.74, 6) is 5.18. The molecule has 9 unspecified atom stereocenters. The van der Waals surface area contributed by atoms with Crippen LogP contribution in [0.4, 0.5) is 0 Å². The molecule has 6 aliphatic rings. The molecule has 0 radical (unpaired) electrons. The van der Waals surface area contributed by atoms with Crippen molar-refractivity contribution in [2.75, 3.05) is 19.6 Å². The van der Waals surface area contributed by atoms with Crippen molar-refractivity contribution in [1.82, 2.24) is 16.0 Å². The van der Waals surface area contributed by atoms with Crippen molar-refractivity contribution in [3.05, 3.63) is 0 Å². The Morgan fingerprint density at radius 3 is 2.68 bits per heavy atom. The molecule has 0 amide bonds. The van der Waals surface area contributed by atoms with E-state index in [2.05, 4.69) is 16.0 Å². The Labute approximate surface area is 115 Å². The molecule has 3 N–H and O–H groups in total. The topological polar surface area (TPSA) is 36.1 Å². The summed E-state index contributed by atoms with van der Waals surface area (Å²) in [6.07, 6.45) is 5.96. The summed E-state index contributed by atoms with van der Waals surface area (Å²) in [4.78, 5) is 0. The van der Waals surface area contributed by atoms with Gasteiger partial charge in [-0.2, -0.15) is 0 Å². The van der Waals surface area contributed by atoms with Crippen molar-refractivity contribution in [3.8, 4) is 0 Å². The van der Waals surface area contributed by atoms with Gasteiger partial charge in [-0.05, 0) is 68.4 Å². The van der Waals surface area contributed by atoms with Crippen LogP contribution in [-0.4, -0.2) is 37.8 Å². The summed E-state index contributed by atoms with van der Waals surface area (Å²) in [5, 5.41) is 11.6. The Balaban J connectivity index is 1.22. The van der Waals surface area contributed by atoms with Crippen molar-refractivity contribution in [2.45, 2.75) is 43.8 Å². The van der Waals surface area contributed by atoms with Gasteiger partial charge in [0.1, 0.15) is 0 Å². The molecule has 104 valence electrons. The van der Waals surface area contributed by atoms with E-state index in [1.54, 1.807) is 0 Å². The quantitative estimate of drug-likeness (QED) is 0.678. The molecular weight excluding hydrogens is 234 g/mol. The van der Waals surface area contributed by atoms with Crippen molar-refractivity contribution in [2.24, 2.45) is 35.0 Å². The van der Waals surface area contributed by atoms with Crippen LogP contribution in [-0.2, 0) is 0 Å². The first kappa shape index (κ1) is 10.6. The molecule has 6 rings (SSSR count). The van der Waals surface area contributed by atoms with E-state index in [4.69, 9.17) is 0 Å². The van der Waals surface area contributed by atoms with Crippen LogP contribution in [0.5, 0.6) is 0 Å². The zero-order valence-corrected chi connectivity index (χ0v) is 11.6. The predicted molar refractivity (Wildman–Crippen MR) is 73.7 cm³/mol. The number of rotatable bonds is 2. The molecule has 9 atom stereocenters. The van der Waals surface area contributed by atoms with Crippen molar-refractivity contribution < 1.29 is 0 Å². The summed E-state index contributed by atoms with van der Waals surface area (Å²) in [6.45, 7) is 3.89. The van der Waals surface area contributed by atoms with Gasteiger partial charge in [-0.1, -0.05) is 0 Å². The van der Waals surface area contributed by atoms with Crippen LogP contribution in [0.15, 0.2) is 0 Å². The van der Waals surface area contributed by atoms with E-state index in [0.717, 1.165) is 47.7 Å². The number of hydrogen-bond acceptors (Lipinski definition) is 3. The Morgan fingerprint density at radius 2 is 1.84 bits per heavy atom. The fourth-order valence-corrected chi connectivity index (χ4v) is 6.54. The smallest absolute Gasteiger partial charge is 0.0170 e. The molecule has 3 nitrogen and oxygen atoms in total. The zero-order chi connectivity index (χ0) is 12.2. The Hall–Kier alpha value is -0.120. The van der Waals surface area contributed by atoms with Gasteiger partial charge < -0.3 is 16.0 Å². The van der Waals surface area contributed by atoms with Crippen LogP contribution < -0.4 is 16.0 Å². The highest BCUT2D eigenvalue weighted by molar-refractivity contribution is 5.27. The SMILES string of the molecule is C1CC2C(N1)C2C1NCC2(C3NCCC4CC43)CC12. The molecule has 0 spiro atoms. The second-order valence-electron chi connectivity index (χ2n) is 8.34. The minimum atomic E-state index is 0.682. The lowest BCUT2D eigenvalue weighted by Gasteiger charge is -2.30. The second kappa shape index (κ2) is 3.20. The molecule has 0 aromatic carbocycles. The van der Waals surface area contributed by atoms with Gasteiger partial charge in [0.15, 0.2) is 0 Å². The number of piperidine rings is 3. The Bertz CT molecular complexity index is 428. The number of nitrogens with one attached hydrogen (secondary N) is 3. The molecule has 3 aliphatic carbocycles. The zero-order valence-electron chi connectivity index (χ0n) is 11.6. The normalized spacial score (nSPS) is 68.2. The fraction of sp³-hybridized carbons (Fsp3) is 1.00. The third-order valence-corrected chi connectivity index (χ3v) is 7.68. The van der Waals surface area contributed by atoms with Gasteiger partial charge in [-0.3, -0.25) is 0 Å². The summed E-state index contributed by atoms with van der Waals surface area (Å²) in [7, 11) is 0. The van der Waals surface area contributed by atoms with Crippen LogP contribution in [0.1, 0.15) is 25.7 Å². The van der Waals surface area contributed by atoms with Crippen molar-refractivity contribution >= 4 is 0 Å². The molecule has 3 saturated carbocycles. The largest absolute Gasteiger partial charge is 0.313 e. The average molecular weight is 259 g/mol. The third kappa shape index (κ3) is 1.22. The van der Waals surface area contributed by atoms with Crippen molar-refractivity contribution in [1.29, 1.82) is 0 Å². The maximum Gasteiger partial charge on any atom is 0.0170 e. The Kier molecular flexibility index (Phi) is 1.78. The van der Waals surface area contributed by atoms with Crippen LogP contribution in [0, 0.1) is 35.0 Å². The van der Waals surface area contributed by atoms with Gasteiger partial charge in [0, 0.05) is 30.1 Å². The minimum Gasteiger partial charge on any atom is -0.313 e. The van der Waals surface area contributed by atoms with E-state index < -0.39 is 0 Å². The lowest BCUT2D eigenvalue weighted by molar-refractivity contribution is 0.260. The van der Waals surface area contributed by atoms with E-state index in [1.807, 2.05) is 0 Å². The van der Waals surface area contributed by atoms with Crippen molar-refractivity contribution in [3.63, 3.8) is 0 Å². The molecule has 6 fully saturated rings. The standard InChI is InChI=1S/C16H25N3/c1-3-18-15(10-5-8(1)10)16-6-11(16)14(19-7-16)12-9-2-4-17-13(9)12/h8-15,17-19H,1-7H2. The molecule has 3 aliphatic heterocycles. The first-order valence-electron chi connectivity index (χ1n) is 8.59. The molecule has 19 heavy (non-hydrogen) atoms. The summed E-state index contributed by atoms with van der Waals surface area (Å²) >= 11 is 0. The lowest BCUT2D eigenvalue weighted by Crippen LogP contribution is -2.45.